The van der Waals surface area contributed by atoms with Crippen molar-refractivity contribution in [1.82, 2.24) is 4.90 Å². The number of rotatable bonds is 2. The lowest BCUT2D eigenvalue weighted by Crippen LogP contribution is -2.35. The summed E-state index contributed by atoms with van der Waals surface area (Å²) in [4.78, 5) is 12.3. The van der Waals surface area contributed by atoms with Crippen LogP contribution in [0.15, 0.2) is 18.2 Å². The fourth-order valence-corrected chi connectivity index (χ4v) is 2.56. The number of ether oxygens (including phenoxy) is 1. The standard InChI is InChI=1S/C13H15Cl2NO4/c14-10-2-1-9(7-11(10)15)13(8-17)3-4-16(12(18)19)5-6-20-13/h1-2,7,17H,3-6,8H2,(H,18,19)/t13-/m1/s1. The normalized spacial score (nSPS) is 23.4. The van der Waals surface area contributed by atoms with Crippen LogP contribution in [0, 0.1) is 0 Å². The minimum Gasteiger partial charge on any atom is -0.465 e. The van der Waals surface area contributed by atoms with Gasteiger partial charge in [-0.25, -0.2) is 4.79 Å². The summed E-state index contributed by atoms with van der Waals surface area (Å²) in [6.07, 6.45) is -0.634. The highest BCUT2D eigenvalue weighted by molar-refractivity contribution is 6.42. The summed E-state index contributed by atoms with van der Waals surface area (Å²) in [5.74, 6) is 0. The molecule has 1 saturated heterocycles. The lowest BCUT2D eigenvalue weighted by molar-refractivity contribution is -0.0792. The quantitative estimate of drug-likeness (QED) is 0.879. The third-order valence-electron chi connectivity index (χ3n) is 3.50. The van der Waals surface area contributed by atoms with Crippen LogP contribution in [0.25, 0.3) is 0 Å². The molecule has 0 radical (unpaired) electrons. The molecular weight excluding hydrogens is 305 g/mol. The average Bonchev–Trinajstić information content (AvgIpc) is 2.65. The van der Waals surface area contributed by atoms with Gasteiger partial charge in [-0.1, -0.05) is 29.3 Å². The summed E-state index contributed by atoms with van der Waals surface area (Å²) in [6.45, 7) is 0.528. The smallest absolute Gasteiger partial charge is 0.407 e. The molecule has 0 aromatic heterocycles. The molecule has 110 valence electrons. The van der Waals surface area contributed by atoms with Gasteiger partial charge in [0.2, 0.25) is 0 Å². The third kappa shape index (κ3) is 3.01. The molecule has 5 nitrogen and oxygen atoms in total. The van der Waals surface area contributed by atoms with E-state index in [9.17, 15) is 9.90 Å². The predicted molar refractivity (Wildman–Crippen MR) is 75.4 cm³/mol. The molecule has 1 aromatic rings. The van der Waals surface area contributed by atoms with Crippen LogP contribution in [0.5, 0.6) is 0 Å². The first-order valence-corrected chi connectivity index (χ1v) is 6.92. The van der Waals surface area contributed by atoms with Crippen LogP contribution in [-0.4, -0.2) is 47.5 Å². The highest BCUT2D eigenvalue weighted by Gasteiger charge is 2.36. The minimum atomic E-state index is -0.989. The molecule has 1 aliphatic rings. The first-order valence-electron chi connectivity index (χ1n) is 6.17. The number of aliphatic hydroxyl groups is 1. The SMILES string of the molecule is O=C(O)N1CCO[C@](CO)(c2ccc(Cl)c(Cl)c2)CC1. The molecule has 1 heterocycles. The van der Waals surface area contributed by atoms with Crippen LogP contribution in [0.3, 0.4) is 0 Å². The Morgan fingerprint density at radius 1 is 1.35 bits per heavy atom. The van der Waals surface area contributed by atoms with Gasteiger partial charge in [0.05, 0.1) is 23.3 Å². The number of halogens is 2. The molecule has 0 spiro atoms. The van der Waals surface area contributed by atoms with Crippen LogP contribution in [0.4, 0.5) is 4.79 Å². The van der Waals surface area contributed by atoms with E-state index in [1.165, 1.54) is 4.90 Å². The number of hydrogen-bond donors (Lipinski definition) is 2. The summed E-state index contributed by atoms with van der Waals surface area (Å²) in [5.41, 5.74) is -0.250. The Labute approximate surface area is 126 Å². The second kappa shape index (κ2) is 6.18. The molecule has 7 heteroatoms. The summed E-state index contributed by atoms with van der Waals surface area (Å²) in [7, 11) is 0. The van der Waals surface area contributed by atoms with Crippen molar-refractivity contribution in [1.29, 1.82) is 0 Å². The largest absolute Gasteiger partial charge is 0.465 e. The predicted octanol–water partition coefficient (Wildman–Crippen LogP) is 2.58. The number of carbonyl (C=O) groups is 1. The Morgan fingerprint density at radius 2 is 2.10 bits per heavy atom. The van der Waals surface area contributed by atoms with E-state index in [0.717, 1.165) is 0 Å². The van der Waals surface area contributed by atoms with Gasteiger partial charge in [-0.05, 0) is 17.7 Å². The topological polar surface area (TPSA) is 70.0 Å². The van der Waals surface area contributed by atoms with Crippen LogP contribution >= 0.6 is 23.2 Å². The second-order valence-corrected chi connectivity index (χ2v) is 5.46. The van der Waals surface area contributed by atoms with Crippen molar-refractivity contribution >= 4 is 29.3 Å². The van der Waals surface area contributed by atoms with Crippen LogP contribution in [-0.2, 0) is 10.3 Å². The lowest BCUT2D eigenvalue weighted by atomic mass is 9.91. The molecule has 0 saturated carbocycles. The van der Waals surface area contributed by atoms with E-state index in [1.807, 2.05) is 0 Å². The van der Waals surface area contributed by atoms with E-state index in [2.05, 4.69) is 0 Å². The molecule has 1 atom stereocenters. The summed E-state index contributed by atoms with van der Waals surface area (Å²) in [6, 6.07) is 5.03. The Balaban J connectivity index is 2.29. The Hall–Kier alpha value is -1.01. The van der Waals surface area contributed by atoms with E-state index in [0.29, 0.717) is 22.0 Å². The zero-order valence-corrected chi connectivity index (χ0v) is 12.2. The van der Waals surface area contributed by atoms with Gasteiger partial charge in [0.25, 0.3) is 0 Å². The maximum Gasteiger partial charge on any atom is 0.407 e. The Bertz CT molecular complexity index is 511. The fraction of sp³-hybridized carbons (Fsp3) is 0.462. The number of aliphatic hydroxyl groups excluding tert-OH is 1. The summed E-state index contributed by atoms with van der Waals surface area (Å²) < 4.78 is 5.74. The monoisotopic (exact) mass is 319 g/mol. The first kappa shape index (κ1) is 15.4. The molecule has 0 aliphatic carbocycles. The number of nitrogens with zero attached hydrogens (tertiary/aromatic N) is 1. The summed E-state index contributed by atoms with van der Waals surface area (Å²) in [5, 5.41) is 19.6. The molecule has 2 rings (SSSR count). The molecule has 2 N–H and O–H groups in total. The number of amides is 1. The Kier molecular flexibility index (Phi) is 4.75. The van der Waals surface area contributed by atoms with Gasteiger partial charge < -0.3 is 19.8 Å². The minimum absolute atomic E-state index is 0.215. The van der Waals surface area contributed by atoms with Crippen molar-refractivity contribution < 1.29 is 19.7 Å². The van der Waals surface area contributed by atoms with Crippen LogP contribution < -0.4 is 0 Å². The molecule has 1 fully saturated rings. The van der Waals surface area contributed by atoms with Crippen molar-refractivity contribution in [3.8, 4) is 0 Å². The van der Waals surface area contributed by atoms with Gasteiger partial charge in [0.1, 0.15) is 5.60 Å². The number of carboxylic acid groups (broad SMARTS) is 1. The third-order valence-corrected chi connectivity index (χ3v) is 4.24. The molecule has 20 heavy (non-hydrogen) atoms. The highest BCUT2D eigenvalue weighted by atomic mass is 35.5. The zero-order chi connectivity index (χ0) is 14.8. The molecular formula is C13H15Cl2NO4. The van der Waals surface area contributed by atoms with E-state index >= 15 is 0 Å². The number of hydrogen-bond acceptors (Lipinski definition) is 3. The van der Waals surface area contributed by atoms with Crippen molar-refractivity contribution in [2.75, 3.05) is 26.3 Å². The fourth-order valence-electron chi connectivity index (χ4n) is 2.27. The molecule has 0 unspecified atom stereocenters. The summed E-state index contributed by atoms with van der Waals surface area (Å²) >= 11 is 11.9. The highest BCUT2D eigenvalue weighted by Crippen LogP contribution is 2.35. The van der Waals surface area contributed by atoms with Gasteiger partial charge >= 0.3 is 6.09 Å². The van der Waals surface area contributed by atoms with E-state index in [1.54, 1.807) is 18.2 Å². The van der Waals surface area contributed by atoms with Crippen LogP contribution in [0.2, 0.25) is 10.0 Å². The molecule has 1 aromatic carbocycles. The zero-order valence-electron chi connectivity index (χ0n) is 10.7. The Morgan fingerprint density at radius 3 is 2.70 bits per heavy atom. The van der Waals surface area contributed by atoms with Gasteiger partial charge in [-0.2, -0.15) is 0 Å². The van der Waals surface area contributed by atoms with E-state index in [4.69, 9.17) is 33.0 Å². The van der Waals surface area contributed by atoms with Crippen molar-refractivity contribution in [3.05, 3.63) is 33.8 Å². The molecule has 0 bridgehead atoms. The van der Waals surface area contributed by atoms with Gasteiger partial charge in [-0.3, -0.25) is 0 Å². The van der Waals surface area contributed by atoms with Gasteiger partial charge in [0, 0.05) is 19.5 Å². The maximum atomic E-state index is 11.0. The van der Waals surface area contributed by atoms with Crippen molar-refractivity contribution in [2.24, 2.45) is 0 Å². The number of benzene rings is 1. The second-order valence-electron chi connectivity index (χ2n) is 4.65. The van der Waals surface area contributed by atoms with E-state index in [-0.39, 0.29) is 26.3 Å². The van der Waals surface area contributed by atoms with Gasteiger partial charge in [0.15, 0.2) is 0 Å². The molecule has 1 aliphatic heterocycles. The van der Waals surface area contributed by atoms with Crippen molar-refractivity contribution in [3.63, 3.8) is 0 Å². The lowest BCUT2D eigenvalue weighted by Gasteiger charge is -2.31. The van der Waals surface area contributed by atoms with Crippen molar-refractivity contribution in [2.45, 2.75) is 12.0 Å². The van der Waals surface area contributed by atoms with Gasteiger partial charge in [-0.15, -0.1) is 0 Å². The average molecular weight is 320 g/mol. The van der Waals surface area contributed by atoms with E-state index < -0.39 is 11.7 Å². The van der Waals surface area contributed by atoms with Crippen LogP contribution in [0.1, 0.15) is 12.0 Å². The molecule has 1 amide bonds. The maximum absolute atomic E-state index is 11.0. The first-order chi connectivity index (χ1) is 9.48.